The van der Waals surface area contributed by atoms with Crippen LogP contribution in [0.2, 0.25) is 0 Å². The molecule has 120 valence electrons. The van der Waals surface area contributed by atoms with Crippen LogP contribution in [0.15, 0.2) is 54.9 Å². The Labute approximate surface area is 143 Å². The quantitative estimate of drug-likeness (QED) is 0.764. The number of aromatic nitrogens is 1. The maximum Gasteiger partial charge on any atom is 0.256 e. The van der Waals surface area contributed by atoms with Crippen LogP contribution in [0.25, 0.3) is 11.1 Å². The van der Waals surface area contributed by atoms with Gasteiger partial charge < -0.3 is 11.1 Å². The molecule has 6 heteroatoms. The van der Waals surface area contributed by atoms with Crippen molar-refractivity contribution in [3.63, 3.8) is 0 Å². The van der Waals surface area contributed by atoms with E-state index >= 15 is 0 Å². The number of hydrogen-bond donors (Lipinski definition) is 2. The highest BCUT2D eigenvalue weighted by atomic mass is 32.1. The van der Waals surface area contributed by atoms with Crippen LogP contribution >= 0.6 is 11.3 Å². The molecule has 0 saturated heterocycles. The number of primary amides is 1. The van der Waals surface area contributed by atoms with Crippen molar-refractivity contribution in [3.05, 3.63) is 70.9 Å². The fourth-order valence-electron chi connectivity index (χ4n) is 2.50. The number of benzene rings is 1. The minimum absolute atomic E-state index is 0.305. The van der Waals surface area contributed by atoms with E-state index < -0.39 is 5.91 Å². The van der Waals surface area contributed by atoms with Crippen LogP contribution in [-0.4, -0.2) is 16.8 Å². The van der Waals surface area contributed by atoms with E-state index in [4.69, 9.17) is 5.73 Å². The number of nitrogens with zero attached hydrogens (tertiary/aromatic N) is 1. The standard InChI is InChI=1S/C18H15N3O2S/c1-11-14(12-5-3-2-4-6-12)15(16(19)22)18(24-11)21-17(23)13-7-9-20-10-8-13/h2-10H,1H3,(H2,19,22)(H,21,23). The molecule has 3 rings (SSSR count). The molecule has 0 spiro atoms. The van der Waals surface area contributed by atoms with Gasteiger partial charge in [0.05, 0.1) is 5.56 Å². The number of carbonyl (C=O) groups is 2. The predicted molar refractivity (Wildman–Crippen MR) is 95.2 cm³/mol. The van der Waals surface area contributed by atoms with Crippen LogP contribution in [0, 0.1) is 6.92 Å². The Morgan fingerprint density at radius 3 is 2.38 bits per heavy atom. The van der Waals surface area contributed by atoms with Crippen LogP contribution in [-0.2, 0) is 0 Å². The third-order valence-electron chi connectivity index (χ3n) is 3.56. The van der Waals surface area contributed by atoms with Gasteiger partial charge in [-0.15, -0.1) is 11.3 Å². The van der Waals surface area contributed by atoms with E-state index in [2.05, 4.69) is 10.3 Å². The van der Waals surface area contributed by atoms with Gasteiger partial charge in [0.15, 0.2) is 0 Å². The van der Waals surface area contributed by atoms with Crippen molar-refractivity contribution in [1.29, 1.82) is 0 Å². The zero-order valence-corrected chi connectivity index (χ0v) is 13.8. The second-order valence-corrected chi connectivity index (χ2v) is 6.38. The molecule has 2 amide bonds. The molecule has 0 aliphatic rings. The van der Waals surface area contributed by atoms with Gasteiger partial charge in [-0.05, 0) is 24.6 Å². The van der Waals surface area contributed by atoms with Crippen molar-refractivity contribution in [1.82, 2.24) is 4.98 Å². The summed E-state index contributed by atoms with van der Waals surface area (Å²) in [5, 5.41) is 3.25. The molecular weight excluding hydrogens is 322 g/mol. The van der Waals surface area contributed by atoms with Crippen LogP contribution < -0.4 is 11.1 Å². The van der Waals surface area contributed by atoms with Gasteiger partial charge in [-0.3, -0.25) is 14.6 Å². The van der Waals surface area contributed by atoms with Gasteiger partial charge >= 0.3 is 0 Å². The van der Waals surface area contributed by atoms with Gasteiger partial charge in [0.1, 0.15) is 5.00 Å². The molecule has 0 bridgehead atoms. The van der Waals surface area contributed by atoms with Crippen LogP contribution in [0.4, 0.5) is 5.00 Å². The zero-order valence-electron chi connectivity index (χ0n) is 12.9. The van der Waals surface area contributed by atoms with Crippen molar-refractivity contribution in [3.8, 4) is 11.1 Å². The summed E-state index contributed by atoms with van der Waals surface area (Å²) in [7, 11) is 0. The lowest BCUT2D eigenvalue weighted by molar-refractivity contribution is 0.100. The smallest absolute Gasteiger partial charge is 0.256 e. The Hall–Kier alpha value is -2.99. The molecule has 3 N–H and O–H groups in total. The van der Waals surface area contributed by atoms with Crippen LogP contribution in [0.3, 0.4) is 0 Å². The number of pyridine rings is 1. The summed E-state index contributed by atoms with van der Waals surface area (Å²) in [6.07, 6.45) is 3.08. The molecule has 0 unspecified atom stereocenters. The second-order valence-electron chi connectivity index (χ2n) is 5.16. The summed E-state index contributed by atoms with van der Waals surface area (Å²) in [5.41, 5.74) is 8.05. The number of thiophene rings is 1. The maximum atomic E-state index is 12.4. The Balaban J connectivity index is 2.03. The Bertz CT molecular complexity index is 889. The Morgan fingerprint density at radius 1 is 1.08 bits per heavy atom. The number of nitrogens with one attached hydrogen (secondary N) is 1. The molecular formula is C18H15N3O2S. The van der Waals surface area contributed by atoms with E-state index in [1.54, 1.807) is 24.5 Å². The van der Waals surface area contributed by atoms with Crippen molar-refractivity contribution < 1.29 is 9.59 Å². The van der Waals surface area contributed by atoms with E-state index in [1.165, 1.54) is 11.3 Å². The predicted octanol–water partition coefficient (Wildman–Crippen LogP) is 3.47. The summed E-state index contributed by atoms with van der Waals surface area (Å²) in [5.74, 6) is -0.871. The number of nitrogens with two attached hydrogens (primary N) is 1. The first kappa shape index (κ1) is 15.9. The largest absolute Gasteiger partial charge is 0.365 e. The van der Waals surface area contributed by atoms with Crippen molar-refractivity contribution in [2.24, 2.45) is 5.73 Å². The molecule has 0 radical (unpaired) electrons. The van der Waals surface area contributed by atoms with Gasteiger partial charge in [0.25, 0.3) is 11.8 Å². The molecule has 1 aromatic carbocycles. The normalized spacial score (nSPS) is 10.4. The highest BCUT2D eigenvalue weighted by Crippen LogP contribution is 2.39. The average Bonchev–Trinajstić information content (AvgIpc) is 2.92. The fourth-order valence-corrected chi connectivity index (χ4v) is 3.58. The van der Waals surface area contributed by atoms with Crippen molar-refractivity contribution >= 4 is 28.2 Å². The SMILES string of the molecule is Cc1sc(NC(=O)c2ccncc2)c(C(N)=O)c1-c1ccccc1. The Morgan fingerprint density at radius 2 is 1.75 bits per heavy atom. The number of amides is 2. The van der Waals surface area contributed by atoms with E-state index in [1.807, 2.05) is 37.3 Å². The summed E-state index contributed by atoms with van der Waals surface area (Å²) in [6.45, 7) is 1.90. The summed E-state index contributed by atoms with van der Waals surface area (Å²) in [4.78, 5) is 29.2. The molecule has 24 heavy (non-hydrogen) atoms. The highest BCUT2D eigenvalue weighted by molar-refractivity contribution is 7.17. The molecule has 2 heterocycles. The monoisotopic (exact) mass is 337 g/mol. The minimum atomic E-state index is -0.566. The number of hydrogen-bond acceptors (Lipinski definition) is 4. The zero-order chi connectivity index (χ0) is 17.1. The van der Waals surface area contributed by atoms with Gasteiger partial charge in [-0.25, -0.2) is 0 Å². The average molecular weight is 337 g/mol. The lowest BCUT2D eigenvalue weighted by Crippen LogP contribution is -2.17. The lowest BCUT2D eigenvalue weighted by Gasteiger charge is -2.07. The van der Waals surface area contributed by atoms with E-state index in [9.17, 15) is 9.59 Å². The second kappa shape index (κ2) is 6.64. The summed E-state index contributed by atoms with van der Waals surface area (Å²) < 4.78 is 0. The number of rotatable bonds is 4. The highest BCUT2D eigenvalue weighted by Gasteiger charge is 2.22. The van der Waals surface area contributed by atoms with E-state index in [-0.39, 0.29) is 5.91 Å². The summed E-state index contributed by atoms with van der Waals surface area (Å²) in [6, 6.07) is 12.7. The molecule has 5 nitrogen and oxygen atoms in total. The summed E-state index contributed by atoms with van der Waals surface area (Å²) >= 11 is 1.34. The van der Waals surface area contributed by atoms with Crippen molar-refractivity contribution in [2.45, 2.75) is 6.92 Å². The van der Waals surface area contributed by atoms with Crippen LogP contribution in [0.5, 0.6) is 0 Å². The molecule has 0 fully saturated rings. The Kier molecular flexibility index (Phi) is 4.39. The molecule has 0 aliphatic carbocycles. The molecule has 0 aliphatic heterocycles. The molecule has 3 aromatic rings. The van der Waals surface area contributed by atoms with Crippen LogP contribution in [0.1, 0.15) is 25.6 Å². The third kappa shape index (κ3) is 3.04. The fraction of sp³-hybridized carbons (Fsp3) is 0.0556. The number of anilines is 1. The first-order valence-electron chi connectivity index (χ1n) is 7.28. The first-order valence-corrected chi connectivity index (χ1v) is 8.09. The van der Waals surface area contributed by atoms with Gasteiger partial charge in [-0.1, -0.05) is 30.3 Å². The molecule has 0 saturated carbocycles. The lowest BCUT2D eigenvalue weighted by atomic mass is 10.0. The maximum absolute atomic E-state index is 12.4. The number of carbonyl (C=O) groups excluding carboxylic acids is 2. The minimum Gasteiger partial charge on any atom is -0.365 e. The third-order valence-corrected chi connectivity index (χ3v) is 4.58. The van der Waals surface area contributed by atoms with E-state index in [0.29, 0.717) is 16.1 Å². The topological polar surface area (TPSA) is 85.1 Å². The van der Waals surface area contributed by atoms with Gasteiger partial charge in [0, 0.05) is 28.4 Å². The van der Waals surface area contributed by atoms with E-state index in [0.717, 1.165) is 16.0 Å². The van der Waals surface area contributed by atoms with Gasteiger partial charge in [-0.2, -0.15) is 0 Å². The molecule has 2 aromatic heterocycles. The first-order chi connectivity index (χ1) is 11.6. The van der Waals surface area contributed by atoms with Gasteiger partial charge in [0.2, 0.25) is 0 Å². The van der Waals surface area contributed by atoms with Crippen molar-refractivity contribution in [2.75, 3.05) is 5.32 Å². The number of aryl methyl sites for hydroxylation is 1. The molecule has 0 atom stereocenters.